The van der Waals surface area contributed by atoms with Crippen molar-refractivity contribution in [3.8, 4) is 0 Å². The third-order valence-corrected chi connectivity index (χ3v) is 3.17. The van der Waals surface area contributed by atoms with E-state index in [0.29, 0.717) is 12.5 Å². The largest absolute Gasteiger partial charge is 0.356 e. The lowest BCUT2D eigenvalue weighted by Crippen LogP contribution is -2.48. The van der Waals surface area contributed by atoms with E-state index in [-0.39, 0.29) is 23.6 Å². The fourth-order valence-corrected chi connectivity index (χ4v) is 2.11. The predicted molar refractivity (Wildman–Crippen MR) is 97.2 cm³/mol. The van der Waals surface area contributed by atoms with Gasteiger partial charge in [0.05, 0.1) is 6.54 Å². The number of rotatable bonds is 7. The minimum Gasteiger partial charge on any atom is -0.356 e. The highest BCUT2D eigenvalue weighted by Gasteiger charge is 2.13. The molecule has 0 aliphatic rings. The molecule has 7 nitrogen and oxygen atoms in total. The first-order valence-electron chi connectivity index (χ1n) is 8.23. The summed E-state index contributed by atoms with van der Waals surface area (Å²) in [5.74, 6) is 0.518. The van der Waals surface area contributed by atoms with Gasteiger partial charge in [-0.15, -0.1) is 0 Å². The number of unbranched alkanes of at least 4 members (excludes halogenated alkanes) is 1. The lowest BCUT2D eigenvalue weighted by molar-refractivity contribution is -0.121. The molecule has 0 atom stereocenters. The van der Waals surface area contributed by atoms with E-state index in [1.165, 1.54) is 0 Å². The lowest BCUT2D eigenvalue weighted by atomic mass is 10.1. The number of hydrogen-bond donors (Lipinski definition) is 3. The van der Waals surface area contributed by atoms with Gasteiger partial charge in [0.25, 0.3) is 0 Å². The van der Waals surface area contributed by atoms with Gasteiger partial charge in [0, 0.05) is 37.9 Å². The Balaban J connectivity index is 2.22. The fraction of sp³-hybridized carbons (Fsp3) is 0.588. The smallest absolute Gasteiger partial charge is 0.250 e. The predicted octanol–water partition coefficient (Wildman–Crippen LogP) is 0.708. The molecule has 0 fully saturated rings. The van der Waals surface area contributed by atoms with Crippen LogP contribution in [0.4, 0.5) is 0 Å². The maximum absolute atomic E-state index is 11.8. The van der Waals surface area contributed by atoms with Gasteiger partial charge >= 0.3 is 0 Å². The van der Waals surface area contributed by atoms with Gasteiger partial charge in [0.15, 0.2) is 5.96 Å². The standard InChI is InChI=1S/C17H29N5O2/c1-17(2,3)21-14(23)13-20-16(18-4)19-10-6-8-12-22-11-7-5-9-15(22)24/h5,7,9,11H,6,8,10,12-13H2,1-4H3,(H,21,23)(H2,18,19,20). The van der Waals surface area contributed by atoms with Crippen molar-refractivity contribution >= 4 is 11.9 Å². The number of aromatic nitrogens is 1. The summed E-state index contributed by atoms with van der Waals surface area (Å²) in [5, 5.41) is 9.02. The third-order valence-electron chi connectivity index (χ3n) is 3.17. The zero-order valence-electron chi connectivity index (χ0n) is 15.1. The monoisotopic (exact) mass is 335 g/mol. The molecular formula is C17H29N5O2. The number of pyridine rings is 1. The van der Waals surface area contributed by atoms with Crippen LogP contribution in [0.2, 0.25) is 0 Å². The first-order valence-corrected chi connectivity index (χ1v) is 8.23. The molecule has 1 aromatic rings. The summed E-state index contributed by atoms with van der Waals surface area (Å²) >= 11 is 0. The van der Waals surface area contributed by atoms with Gasteiger partial charge in [-0.05, 0) is 39.7 Å². The number of amides is 1. The maximum atomic E-state index is 11.8. The second-order valence-electron chi connectivity index (χ2n) is 6.59. The highest BCUT2D eigenvalue weighted by Crippen LogP contribution is 1.97. The van der Waals surface area contributed by atoms with Gasteiger partial charge in [-0.1, -0.05) is 6.07 Å². The van der Waals surface area contributed by atoms with Crippen LogP contribution in [0.3, 0.4) is 0 Å². The van der Waals surface area contributed by atoms with E-state index in [1.807, 2.05) is 26.8 Å². The number of nitrogens with zero attached hydrogens (tertiary/aromatic N) is 2. The summed E-state index contributed by atoms with van der Waals surface area (Å²) in [5.41, 5.74) is -0.224. The molecule has 0 aliphatic heterocycles. The Bertz CT molecular complexity index is 601. The van der Waals surface area contributed by atoms with E-state index in [9.17, 15) is 9.59 Å². The van der Waals surface area contributed by atoms with Crippen LogP contribution in [0.5, 0.6) is 0 Å². The van der Waals surface area contributed by atoms with Crippen LogP contribution in [0.1, 0.15) is 33.6 Å². The maximum Gasteiger partial charge on any atom is 0.250 e. The molecule has 134 valence electrons. The molecule has 1 amide bonds. The van der Waals surface area contributed by atoms with Gasteiger partial charge in [-0.2, -0.15) is 0 Å². The van der Waals surface area contributed by atoms with Crippen molar-refractivity contribution in [3.63, 3.8) is 0 Å². The molecule has 0 unspecified atom stereocenters. The fourth-order valence-electron chi connectivity index (χ4n) is 2.11. The Kier molecular flexibility index (Phi) is 8.01. The van der Waals surface area contributed by atoms with Crippen LogP contribution in [-0.2, 0) is 11.3 Å². The molecule has 1 rings (SSSR count). The molecule has 0 aliphatic carbocycles. The number of hydrogen-bond acceptors (Lipinski definition) is 3. The summed E-state index contributed by atoms with van der Waals surface area (Å²) in [7, 11) is 1.67. The summed E-state index contributed by atoms with van der Waals surface area (Å²) in [6, 6.07) is 5.16. The third kappa shape index (κ3) is 8.36. The van der Waals surface area contributed by atoms with Crippen LogP contribution in [0.25, 0.3) is 0 Å². The van der Waals surface area contributed by atoms with Crippen LogP contribution < -0.4 is 21.5 Å². The van der Waals surface area contributed by atoms with Crippen LogP contribution in [0.15, 0.2) is 34.2 Å². The summed E-state index contributed by atoms with van der Waals surface area (Å²) in [4.78, 5) is 27.4. The van der Waals surface area contributed by atoms with Gasteiger partial charge in [-0.3, -0.25) is 14.6 Å². The molecule has 0 bridgehead atoms. The van der Waals surface area contributed by atoms with Crippen molar-refractivity contribution in [2.24, 2.45) is 4.99 Å². The first kappa shape index (κ1) is 19.7. The number of aliphatic imine (C=N–C) groups is 1. The van der Waals surface area contributed by atoms with E-state index in [1.54, 1.807) is 29.9 Å². The van der Waals surface area contributed by atoms with Crippen molar-refractivity contribution in [1.29, 1.82) is 0 Å². The number of aryl methyl sites for hydroxylation is 1. The minimum atomic E-state index is -0.245. The van der Waals surface area contributed by atoms with Crippen LogP contribution in [-0.4, -0.2) is 42.1 Å². The minimum absolute atomic E-state index is 0.0211. The number of carbonyl (C=O) groups excluding carboxylic acids is 1. The van der Waals surface area contributed by atoms with E-state index < -0.39 is 0 Å². The Morgan fingerprint density at radius 3 is 2.58 bits per heavy atom. The molecule has 7 heteroatoms. The first-order chi connectivity index (χ1) is 11.3. The quantitative estimate of drug-likeness (QED) is 0.389. The molecule has 0 spiro atoms. The molecule has 1 heterocycles. The molecule has 0 saturated carbocycles. The number of nitrogens with one attached hydrogen (secondary N) is 3. The van der Waals surface area contributed by atoms with Crippen molar-refractivity contribution in [1.82, 2.24) is 20.5 Å². The van der Waals surface area contributed by atoms with Crippen LogP contribution >= 0.6 is 0 Å². The Hall–Kier alpha value is -2.31. The zero-order valence-corrected chi connectivity index (χ0v) is 15.1. The second kappa shape index (κ2) is 9.75. The molecular weight excluding hydrogens is 306 g/mol. The molecule has 1 aromatic heterocycles. The van der Waals surface area contributed by atoms with Crippen molar-refractivity contribution in [3.05, 3.63) is 34.7 Å². The van der Waals surface area contributed by atoms with E-state index in [2.05, 4.69) is 20.9 Å². The number of guanidine groups is 1. The van der Waals surface area contributed by atoms with E-state index in [0.717, 1.165) is 19.4 Å². The van der Waals surface area contributed by atoms with E-state index in [4.69, 9.17) is 0 Å². The number of carbonyl (C=O) groups is 1. The average molecular weight is 335 g/mol. The lowest BCUT2D eigenvalue weighted by Gasteiger charge is -2.21. The SMILES string of the molecule is CN=C(NCCCCn1ccccc1=O)NCC(=O)NC(C)(C)C. The molecule has 0 radical (unpaired) electrons. The summed E-state index contributed by atoms with van der Waals surface area (Å²) in [6.45, 7) is 7.42. The van der Waals surface area contributed by atoms with Gasteiger partial charge in [0.2, 0.25) is 11.5 Å². The average Bonchev–Trinajstić information content (AvgIpc) is 2.50. The van der Waals surface area contributed by atoms with Gasteiger partial charge < -0.3 is 20.5 Å². The Morgan fingerprint density at radius 1 is 1.21 bits per heavy atom. The molecule has 3 N–H and O–H groups in total. The molecule has 24 heavy (non-hydrogen) atoms. The van der Waals surface area contributed by atoms with Crippen LogP contribution in [0, 0.1) is 0 Å². The van der Waals surface area contributed by atoms with Crippen molar-refractivity contribution in [2.75, 3.05) is 20.1 Å². The van der Waals surface area contributed by atoms with E-state index >= 15 is 0 Å². The summed E-state index contributed by atoms with van der Waals surface area (Å²) < 4.78 is 1.70. The molecule has 0 aromatic carbocycles. The Morgan fingerprint density at radius 2 is 1.96 bits per heavy atom. The molecule has 0 saturated heterocycles. The van der Waals surface area contributed by atoms with Crippen molar-refractivity contribution in [2.45, 2.75) is 45.7 Å². The normalized spacial score (nSPS) is 11.9. The highest BCUT2D eigenvalue weighted by atomic mass is 16.2. The Labute approximate surface area is 143 Å². The topological polar surface area (TPSA) is 87.5 Å². The second-order valence-corrected chi connectivity index (χ2v) is 6.59. The zero-order chi connectivity index (χ0) is 18.0. The summed E-state index contributed by atoms with van der Waals surface area (Å²) in [6.07, 6.45) is 3.58. The van der Waals surface area contributed by atoms with Gasteiger partial charge in [-0.25, -0.2) is 0 Å². The van der Waals surface area contributed by atoms with Crippen molar-refractivity contribution < 1.29 is 4.79 Å². The van der Waals surface area contributed by atoms with Gasteiger partial charge in [0.1, 0.15) is 0 Å². The highest BCUT2D eigenvalue weighted by molar-refractivity contribution is 5.86.